The summed E-state index contributed by atoms with van der Waals surface area (Å²) in [6.45, 7) is 2.20. The van der Waals surface area contributed by atoms with Crippen LogP contribution in [0.25, 0.3) is 0 Å². The van der Waals surface area contributed by atoms with Crippen LogP contribution < -0.4 is 14.4 Å². The highest BCUT2D eigenvalue weighted by molar-refractivity contribution is 7.89. The van der Waals surface area contributed by atoms with E-state index in [0.29, 0.717) is 54.2 Å². The number of hydrogen-bond donors (Lipinski definition) is 1. The largest absolute Gasteiger partial charge is 0.495 e. The standard InChI is InChI=1S/C32H29N5O5S/c1-42-30-18-26(20-34-22-30)8-7-25-17-28(21-33-19-25)32(39)37-15-13-36(14-16-37)29-11-9-27(10-12-29)31(38)35-43(40,41)23-24-5-3-2-4-6-24/h2-6,9-12,17-22H,13-16,23H2,1H3,(H,35,38). The average molecular weight is 596 g/mol. The Morgan fingerprint density at radius 3 is 2.16 bits per heavy atom. The highest BCUT2D eigenvalue weighted by atomic mass is 32.2. The van der Waals surface area contributed by atoms with Crippen molar-refractivity contribution in [2.75, 3.05) is 38.2 Å². The lowest BCUT2D eigenvalue weighted by Crippen LogP contribution is -2.48. The first kappa shape index (κ1) is 29.3. The van der Waals surface area contributed by atoms with E-state index in [9.17, 15) is 18.0 Å². The predicted octanol–water partition coefficient (Wildman–Crippen LogP) is 3.11. The number of anilines is 1. The molecule has 11 heteroatoms. The first-order valence-electron chi connectivity index (χ1n) is 13.5. The number of ether oxygens (including phenoxy) is 1. The van der Waals surface area contributed by atoms with Crippen molar-refractivity contribution in [2.45, 2.75) is 5.75 Å². The fraction of sp³-hybridized carbons (Fsp3) is 0.188. The van der Waals surface area contributed by atoms with Crippen LogP contribution in [0.3, 0.4) is 0 Å². The van der Waals surface area contributed by atoms with Gasteiger partial charge in [-0.3, -0.25) is 19.6 Å². The normalized spacial score (nSPS) is 13.0. The molecule has 2 amide bonds. The number of hydrogen-bond acceptors (Lipinski definition) is 8. The second-order valence-electron chi connectivity index (χ2n) is 9.83. The number of aromatic nitrogens is 2. The highest BCUT2D eigenvalue weighted by Gasteiger charge is 2.23. The Kier molecular flexibility index (Phi) is 8.98. The topological polar surface area (TPSA) is 122 Å². The number of piperazine rings is 1. The van der Waals surface area contributed by atoms with E-state index in [1.165, 1.54) is 6.20 Å². The molecule has 2 aromatic heterocycles. The molecule has 0 radical (unpaired) electrons. The van der Waals surface area contributed by atoms with Crippen LogP contribution in [0.4, 0.5) is 5.69 Å². The number of benzene rings is 2. The van der Waals surface area contributed by atoms with Crippen molar-refractivity contribution in [1.29, 1.82) is 0 Å². The number of amides is 2. The molecule has 0 atom stereocenters. The summed E-state index contributed by atoms with van der Waals surface area (Å²) in [7, 11) is -2.27. The van der Waals surface area contributed by atoms with Gasteiger partial charge in [0.05, 0.1) is 24.6 Å². The van der Waals surface area contributed by atoms with Gasteiger partial charge in [0.2, 0.25) is 10.0 Å². The van der Waals surface area contributed by atoms with E-state index in [0.717, 1.165) is 5.69 Å². The quantitative estimate of drug-likeness (QED) is 0.324. The van der Waals surface area contributed by atoms with Crippen LogP contribution in [0.1, 0.15) is 37.4 Å². The number of carbonyl (C=O) groups is 2. The molecule has 5 rings (SSSR count). The maximum atomic E-state index is 13.2. The van der Waals surface area contributed by atoms with Crippen LogP contribution in [0.2, 0.25) is 0 Å². The number of rotatable bonds is 7. The molecule has 0 spiro atoms. The van der Waals surface area contributed by atoms with Gasteiger partial charge in [0, 0.05) is 67.1 Å². The van der Waals surface area contributed by atoms with Gasteiger partial charge in [0.15, 0.2) is 0 Å². The van der Waals surface area contributed by atoms with E-state index in [4.69, 9.17) is 4.74 Å². The molecule has 2 aromatic carbocycles. The van der Waals surface area contributed by atoms with E-state index in [-0.39, 0.29) is 17.2 Å². The smallest absolute Gasteiger partial charge is 0.264 e. The van der Waals surface area contributed by atoms with Crippen LogP contribution >= 0.6 is 0 Å². The highest BCUT2D eigenvalue weighted by Crippen LogP contribution is 2.19. The Labute approximate surface area is 250 Å². The molecule has 1 N–H and O–H groups in total. The van der Waals surface area contributed by atoms with Gasteiger partial charge in [-0.25, -0.2) is 13.1 Å². The van der Waals surface area contributed by atoms with Gasteiger partial charge >= 0.3 is 0 Å². The molecular formula is C32H29N5O5S. The minimum absolute atomic E-state index is 0.123. The van der Waals surface area contributed by atoms with Crippen molar-refractivity contribution in [2.24, 2.45) is 0 Å². The molecule has 0 unspecified atom stereocenters. The predicted molar refractivity (Wildman–Crippen MR) is 162 cm³/mol. The molecule has 1 saturated heterocycles. The van der Waals surface area contributed by atoms with E-state index in [2.05, 4.69) is 31.4 Å². The maximum absolute atomic E-state index is 13.2. The third-order valence-electron chi connectivity index (χ3n) is 6.79. The van der Waals surface area contributed by atoms with E-state index >= 15 is 0 Å². The molecular weight excluding hydrogens is 566 g/mol. The molecule has 0 aliphatic carbocycles. The summed E-state index contributed by atoms with van der Waals surface area (Å²) in [5, 5.41) is 0. The zero-order valence-electron chi connectivity index (χ0n) is 23.4. The Morgan fingerprint density at radius 2 is 1.49 bits per heavy atom. The summed E-state index contributed by atoms with van der Waals surface area (Å²) < 4.78 is 32.2. The number of nitrogens with zero attached hydrogens (tertiary/aromatic N) is 4. The van der Waals surface area contributed by atoms with E-state index in [1.807, 2.05) is 0 Å². The van der Waals surface area contributed by atoms with Gasteiger partial charge in [-0.1, -0.05) is 42.2 Å². The number of sulfonamides is 1. The average Bonchev–Trinajstić information content (AvgIpc) is 3.04. The lowest BCUT2D eigenvalue weighted by Gasteiger charge is -2.36. The summed E-state index contributed by atoms with van der Waals surface area (Å²) >= 11 is 0. The first-order valence-corrected chi connectivity index (χ1v) is 15.1. The molecule has 4 aromatic rings. The summed E-state index contributed by atoms with van der Waals surface area (Å²) in [4.78, 5) is 38.0. The summed E-state index contributed by atoms with van der Waals surface area (Å²) in [5.74, 6) is 5.57. The second kappa shape index (κ2) is 13.2. The van der Waals surface area contributed by atoms with Gasteiger partial charge in [-0.05, 0) is 42.0 Å². The van der Waals surface area contributed by atoms with Gasteiger partial charge < -0.3 is 14.5 Å². The van der Waals surface area contributed by atoms with Crippen LogP contribution in [0.5, 0.6) is 5.75 Å². The molecule has 0 bridgehead atoms. The summed E-state index contributed by atoms with van der Waals surface area (Å²) in [6.07, 6.45) is 6.38. The van der Waals surface area contributed by atoms with Crippen molar-refractivity contribution in [1.82, 2.24) is 19.6 Å². The summed E-state index contributed by atoms with van der Waals surface area (Å²) in [6, 6.07) is 18.9. The lowest BCUT2D eigenvalue weighted by atomic mass is 10.1. The molecule has 1 fully saturated rings. The number of nitrogens with one attached hydrogen (secondary N) is 1. The zero-order valence-corrected chi connectivity index (χ0v) is 24.3. The van der Waals surface area contributed by atoms with Crippen LogP contribution in [0.15, 0.2) is 91.5 Å². The monoisotopic (exact) mass is 595 g/mol. The fourth-order valence-electron chi connectivity index (χ4n) is 4.57. The second-order valence-corrected chi connectivity index (χ2v) is 11.6. The number of methoxy groups -OCH3 is 1. The molecule has 10 nitrogen and oxygen atoms in total. The first-order chi connectivity index (χ1) is 20.8. The van der Waals surface area contributed by atoms with Crippen molar-refractivity contribution >= 4 is 27.5 Å². The number of pyridine rings is 2. The third kappa shape index (κ3) is 7.75. The van der Waals surface area contributed by atoms with E-state index in [1.54, 1.807) is 97.3 Å². The molecule has 218 valence electrons. The molecule has 1 aliphatic rings. The molecule has 1 aliphatic heterocycles. The lowest BCUT2D eigenvalue weighted by molar-refractivity contribution is 0.0746. The Balaban J connectivity index is 1.15. The molecule has 43 heavy (non-hydrogen) atoms. The number of carbonyl (C=O) groups excluding carboxylic acids is 2. The Bertz CT molecular complexity index is 1780. The van der Waals surface area contributed by atoms with Crippen molar-refractivity contribution < 1.29 is 22.7 Å². The fourth-order valence-corrected chi connectivity index (χ4v) is 5.68. The van der Waals surface area contributed by atoms with Crippen LogP contribution in [0, 0.1) is 11.8 Å². The third-order valence-corrected chi connectivity index (χ3v) is 8.00. The van der Waals surface area contributed by atoms with Crippen molar-refractivity contribution in [3.63, 3.8) is 0 Å². The van der Waals surface area contributed by atoms with Gasteiger partial charge in [0.25, 0.3) is 11.8 Å². The van der Waals surface area contributed by atoms with Crippen LogP contribution in [-0.2, 0) is 15.8 Å². The maximum Gasteiger partial charge on any atom is 0.264 e. The van der Waals surface area contributed by atoms with Gasteiger partial charge in [-0.2, -0.15) is 0 Å². The minimum Gasteiger partial charge on any atom is -0.495 e. The molecule has 0 saturated carbocycles. The molecule has 3 heterocycles. The van der Waals surface area contributed by atoms with Gasteiger partial charge in [0.1, 0.15) is 5.75 Å². The van der Waals surface area contributed by atoms with Crippen molar-refractivity contribution in [3.8, 4) is 17.6 Å². The zero-order chi connectivity index (χ0) is 30.2. The van der Waals surface area contributed by atoms with Crippen molar-refractivity contribution in [3.05, 3.63) is 119 Å². The van der Waals surface area contributed by atoms with Gasteiger partial charge in [-0.15, -0.1) is 0 Å². The summed E-state index contributed by atoms with van der Waals surface area (Å²) in [5.41, 5.74) is 3.48. The van der Waals surface area contributed by atoms with E-state index < -0.39 is 15.9 Å². The van der Waals surface area contributed by atoms with Crippen LogP contribution in [-0.4, -0.2) is 68.4 Å². The Morgan fingerprint density at radius 1 is 0.837 bits per heavy atom. The SMILES string of the molecule is COc1cncc(C#Cc2cncc(C(=O)N3CCN(c4ccc(C(=O)NS(=O)(=O)Cc5ccccc5)cc4)CC3)c2)c1. The Hall–Kier alpha value is -5.21. The minimum atomic E-state index is -3.84.